The second-order valence-corrected chi connectivity index (χ2v) is 6.36. The van der Waals surface area contributed by atoms with E-state index >= 15 is 0 Å². The van der Waals surface area contributed by atoms with Crippen LogP contribution in [0.15, 0.2) is 71.4 Å². The van der Waals surface area contributed by atoms with Gasteiger partial charge in [0, 0.05) is 17.3 Å². The average Bonchev–Trinajstić information content (AvgIpc) is 3.37. The molecule has 4 aromatic rings. The van der Waals surface area contributed by atoms with Crippen LogP contribution in [0.25, 0.3) is 11.3 Å². The summed E-state index contributed by atoms with van der Waals surface area (Å²) in [6, 6.07) is 20.3. The minimum Gasteiger partial charge on any atom is -0.378 e. The molecule has 4 rings (SSSR count). The first-order valence-corrected chi connectivity index (χ1v) is 9.03. The Balaban J connectivity index is 1.44. The molecule has 2 aromatic carbocycles. The van der Waals surface area contributed by atoms with Gasteiger partial charge >= 0.3 is 0 Å². The van der Waals surface area contributed by atoms with Gasteiger partial charge in [-0.05, 0) is 24.1 Å². The molecular formula is C21H21N5O. The number of benzene rings is 2. The predicted molar refractivity (Wildman–Crippen MR) is 104 cm³/mol. The van der Waals surface area contributed by atoms with E-state index in [1.54, 1.807) is 0 Å². The van der Waals surface area contributed by atoms with Crippen LogP contribution in [-0.4, -0.2) is 20.2 Å². The summed E-state index contributed by atoms with van der Waals surface area (Å²) in [5.41, 5.74) is 5.03. The highest BCUT2D eigenvalue weighted by Crippen LogP contribution is 2.21. The van der Waals surface area contributed by atoms with E-state index in [-0.39, 0.29) is 0 Å². The average molecular weight is 359 g/mol. The van der Waals surface area contributed by atoms with Gasteiger partial charge in [-0.15, -0.1) is 5.10 Å². The lowest BCUT2D eigenvalue weighted by Gasteiger charge is -2.05. The zero-order chi connectivity index (χ0) is 18.5. The Bertz CT molecular complexity index is 1010. The van der Waals surface area contributed by atoms with Crippen LogP contribution in [0.4, 0.5) is 5.69 Å². The highest BCUT2D eigenvalue weighted by molar-refractivity contribution is 5.64. The topological polar surface area (TPSA) is 68.8 Å². The van der Waals surface area contributed by atoms with Crippen LogP contribution in [0.1, 0.15) is 23.9 Å². The Morgan fingerprint density at radius 1 is 1.04 bits per heavy atom. The lowest BCUT2D eigenvalue weighted by Crippen LogP contribution is -1.99. The molecule has 0 radical (unpaired) electrons. The van der Waals surface area contributed by atoms with Gasteiger partial charge in [0.1, 0.15) is 5.69 Å². The van der Waals surface area contributed by atoms with E-state index in [9.17, 15) is 0 Å². The van der Waals surface area contributed by atoms with Gasteiger partial charge < -0.3 is 9.84 Å². The van der Waals surface area contributed by atoms with Gasteiger partial charge in [-0.2, -0.15) is 0 Å². The maximum atomic E-state index is 5.31. The number of hydrogen-bond donors (Lipinski definition) is 1. The van der Waals surface area contributed by atoms with Crippen LogP contribution in [0, 0.1) is 0 Å². The smallest absolute Gasteiger partial charge is 0.156 e. The fourth-order valence-electron chi connectivity index (χ4n) is 2.86. The molecule has 0 spiro atoms. The molecule has 0 aliphatic carbocycles. The van der Waals surface area contributed by atoms with E-state index in [1.807, 2.05) is 53.3 Å². The van der Waals surface area contributed by atoms with Crippen molar-refractivity contribution >= 4 is 5.69 Å². The van der Waals surface area contributed by atoms with Crippen molar-refractivity contribution in [3.8, 4) is 11.3 Å². The molecular weight excluding hydrogens is 338 g/mol. The number of nitrogens with zero attached hydrogens (tertiary/aromatic N) is 4. The Morgan fingerprint density at radius 2 is 1.93 bits per heavy atom. The molecule has 0 saturated heterocycles. The maximum absolute atomic E-state index is 5.31. The summed E-state index contributed by atoms with van der Waals surface area (Å²) >= 11 is 0. The third kappa shape index (κ3) is 4.23. The first kappa shape index (κ1) is 17.0. The minimum atomic E-state index is 0.594. The Kier molecular flexibility index (Phi) is 4.96. The number of anilines is 1. The van der Waals surface area contributed by atoms with E-state index in [4.69, 9.17) is 4.52 Å². The maximum Gasteiger partial charge on any atom is 0.156 e. The molecule has 2 heterocycles. The zero-order valence-corrected chi connectivity index (χ0v) is 15.2. The standard InChI is InChI=1S/C21H21N5O/c1-2-18-12-20(27-24-18)13-22-19-10-6-9-17(11-19)21-15-26(25-23-21)14-16-7-4-3-5-8-16/h3-12,15,22H,2,13-14H2,1H3. The van der Waals surface area contributed by atoms with Crippen LogP contribution in [0.2, 0.25) is 0 Å². The largest absolute Gasteiger partial charge is 0.378 e. The molecule has 6 nitrogen and oxygen atoms in total. The van der Waals surface area contributed by atoms with Crippen molar-refractivity contribution in [2.24, 2.45) is 0 Å². The number of rotatable bonds is 7. The molecule has 1 N–H and O–H groups in total. The molecule has 0 aliphatic rings. The third-order valence-corrected chi connectivity index (χ3v) is 4.32. The number of aryl methyl sites for hydroxylation is 1. The van der Waals surface area contributed by atoms with E-state index < -0.39 is 0 Å². The second-order valence-electron chi connectivity index (χ2n) is 6.36. The summed E-state index contributed by atoms with van der Waals surface area (Å²) in [6.07, 6.45) is 2.84. The van der Waals surface area contributed by atoms with Crippen LogP contribution < -0.4 is 5.32 Å². The van der Waals surface area contributed by atoms with Gasteiger partial charge in [-0.25, -0.2) is 4.68 Å². The summed E-state index contributed by atoms with van der Waals surface area (Å²) in [4.78, 5) is 0. The Labute approximate surface area is 157 Å². The molecule has 0 fully saturated rings. The van der Waals surface area contributed by atoms with Crippen molar-refractivity contribution in [3.63, 3.8) is 0 Å². The molecule has 0 amide bonds. The van der Waals surface area contributed by atoms with Crippen LogP contribution in [0.5, 0.6) is 0 Å². The summed E-state index contributed by atoms with van der Waals surface area (Å²) < 4.78 is 7.17. The van der Waals surface area contributed by atoms with E-state index in [2.05, 4.69) is 45.9 Å². The van der Waals surface area contributed by atoms with Gasteiger partial charge in [0.25, 0.3) is 0 Å². The summed E-state index contributed by atoms with van der Waals surface area (Å²) in [6.45, 7) is 3.36. The van der Waals surface area contributed by atoms with E-state index in [1.165, 1.54) is 5.56 Å². The van der Waals surface area contributed by atoms with Crippen LogP contribution in [0.3, 0.4) is 0 Å². The second kappa shape index (κ2) is 7.86. The zero-order valence-electron chi connectivity index (χ0n) is 15.2. The van der Waals surface area contributed by atoms with Gasteiger partial charge in [0.05, 0.1) is 25.0 Å². The summed E-state index contributed by atoms with van der Waals surface area (Å²) in [7, 11) is 0. The fraction of sp³-hybridized carbons (Fsp3) is 0.190. The van der Waals surface area contributed by atoms with Crippen molar-refractivity contribution in [1.29, 1.82) is 0 Å². The number of nitrogens with one attached hydrogen (secondary N) is 1. The van der Waals surface area contributed by atoms with Gasteiger partial charge in [-0.3, -0.25) is 0 Å². The summed E-state index contributed by atoms with van der Waals surface area (Å²) in [5, 5.41) is 15.9. The van der Waals surface area contributed by atoms with Crippen LogP contribution in [-0.2, 0) is 19.5 Å². The third-order valence-electron chi connectivity index (χ3n) is 4.32. The van der Waals surface area contributed by atoms with Gasteiger partial charge in [0.15, 0.2) is 5.76 Å². The lowest BCUT2D eigenvalue weighted by molar-refractivity contribution is 0.382. The first-order valence-electron chi connectivity index (χ1n) is 9.03. The molecule has 0 saturated carbocycles. The Hall–Kier alpha value is -3.41. The first-order chi connectivity index (χ1) is 13.3. The monoisotopic (exact) mass is 359 g/mol. The molecule has 2 aromatic heterocycles. The van der Waals surface area contributed by atoms with Crippen molar-refractivity contribution in [2.45, 2.75) is 26.4 Å². The molecule has 0 bridgehead atoms. The Morgan fingerprint density at radius 3 is 2.74 bits per heavy atom. The number of aromatic nitrogens is 4. The quantitative estimate of drug-likeness (QED) is 0.537. The molecule has 6 heteroatoms. The van der Waals surface area contributed by atoms with Crippen LogP contribution >= 0.6 is 0 Å². The number of hydrogen-bond acceptors (Lipinski definition) is 5. The fourth-order valence-corrected chi connectivity index (χ4v) is 2.86. The van der Waals surface area contributed by atoms with E-state index in [0.717, 1.165) is 34.8 Å². The molecule has 0 aliphatic heterocycles. The normalized spacial score (nSPS) is 10.9. The summed E-state index contributed by atoms with van der Waals surface area (Å²) in [5.74, 6) is 0.825. The molecule has 136 valence electrons. The van der Waals surface area contributed by atoms with Crippen molar-refractivity contribution in [3.05, 3.63) is 83.9 Å². The van der Waals surface area contributed by atoms with Gasteiger partial charge in [0.2, 0.25) is 0 Å². The van der Waals surface area contributed by atoms with E-state index in [0.29, 0.717) is 13.1 Å². The van der Waals surface area contributed by atoms with Crippen molar-refractivity contribution in [2.75, 3.05) is 5.32 Å². The van der Waals surface area contributed by atoms with Crippen molar-refractivity contribution in [1.82, 2.24) is 20.2 Å². The highest BCUT2D eigenvalue weighted by Gasteiger charge is 2.07. The lowest BCUT2D eigenvalue weighted by atomic mass is 10.1. The highest BCUT2D eigenvalue weighted by atomic mass is 16.5. The minimum absolute atomic E-state index is 0.594. The van der Waals surface area contributed by atoms with Crippen molar-refractivity contribution < 1.29 is 4.52 Å². The van der Waals surface area contributed by atoms with Gasteiger partial charge in [-0.1, -0.05) is 59.8 Å². The molecule has 0 atom stereocenters. The molecule has 0 unspecified atom stereocenters. The molecule has 27 heavy (non-hydrogen) atoms. The predicted octanol–water partition coefficient (Wildman–Crippen LogP) is 4.16. The SMILES string of the molecule is CCc1cc(CNc2cccc(-c3cn(Cc4ccccc4)nn3)c2)on1.